The van der Waals surface area contributed by atoms with Gasteiger partial charge in [-0.15, -0.1) is 0 Å². The van der Waals surface area contributed by atoms with E-state index >= 15 is 0 Å². The Kier molecular flexibility index (Phi) is 6.74. The van der Waals surface area contributed by atoms with E-state index in [0.717, 1.165) is 11.8 Å². The maximum atomic E-state index is 12.5. The first-order valence-corrected chi connectivity index (χ1v) is 10.4. The molecule has 1 aliphatic rings. The number of aldehydes is 1. The van der Waals surface area contributed by atoms with Crippen LogP contribution in [0.15, 0.2) is 60.7 Å². The van der Waals surface area contributed by atoms with Gasteiger partial charge < -0.3 is 9.53 Å². The van der Waals surface area contributed by atoms with E-state index in [1.165, 1.54) is 0 Å². The molecule has 1 saturated heterocycles. The molecule has 3 rings (SSSR count). The fourth-order valence-electron chi connectivity index (χ4n) is 4.43. The van der Waals surface area contributed by atoms with Crippen molar-refractivity contribution in [1.29, 1.82) is 0 Å². The molecule has 0 bridgehead atoms. The van der Waals surface area contributed by atoms with Crippen LogP contribution in [0.2, 0.25) is 0 Å². The summed E-state index contributed by atoms with van der Waals surface area (Å²) in [7, 11) is 0. The number of esters is 1. The first kappa shape index (κ1) is 22.2. The van der Waals surface area contributed by atoms with Gasteiger partial charge in [-0.1, -0.05) is 48.5 Å². The molecule has 0 aliphatic carbocycles. The van der Waals surface area contributed by atoms with Gasteiger partial charge in [0.25, 0.3) is 0 Å². The summed E-state index contributed by atoms with van der Waals surface area (Å²) in [4.78, 5) is 30.5. The summed E-state index contributed by atoms with van der Waals surface area (Å²) >= 11 is 0. The second kappa shape index (κ2) is 9.11. The molecule has 160 valence electrons. The minimum Gasteiger partial charge on any atom is -0.459 e. The summed E-state index contributed by atoms with van der Waals surface area (Å²) in [6.45, 7) is 8.23. The first-order valence-electron chi connectivity index (χ1n) is 10.4. The van der Waals surface area contributed by atoms with Crippen molar-refractivity contribution >= 4 is 12.3 Å². The van der Waals surface area contributed by atoms with E-state index in [9.17, 15) is 9.59 Å². The average Bonchev–Trinajstić information content (AvgIpc) is 2.70. The quantitative estimate of drug-likeness (QED) is 0.494. The van der Waals surface area contributed by atoms with Crippen LogP contribution in [0.1, 0.15) is 56.5 Å². The number of ether oxygens (including phenoxy) is 1. The maximum Gasteiger partial charge on any atom is 0.338 e. The van der Waals surface area contributed by atoms with Gasteiger partial charge in [0, 0.05) is 30.3 Å². The predicted molar refractivity (Wildman–Crippen MR) is 116 cm³/mol. The molecule has 5 nitrogen and oxygen atoms in total. The highest BCUT2D eigenvalue weighted by Crippen LogP contribution is 2.40. The molecule has 0 spiro atoms. The Labute approximate surface area is 178 Å². The van der Waals surface area contributed by atoms with Crippen LogP contribution in [0.5, 0.6) is 0 Å². The lowest BCUT2D eigenvalue weighted by Gasteiger charge is -2.53. The highest BCUT2D eigenvalue weighted by molar-refractivity contribution is 5.89. The fraction of sp³-hybridized carbons (Fsp3) is 0.440. The largest absolute Gasteiger partial charge is 0.459 e. The van der Waals surface area contributed by atoms with Gasteiger partial charge in [0.1, 0.15) is 12.2 Å². The zero-order chi connectivity index (χ0) is 21.8. The normalized spacial score (nSPS) is 19.7. The van der Waals surface area contributed by atoms with Gasteiger partial charge in [-0.2, -0.15) is 5.06 Å². The van der Waals surface area contributed by atoms with E-state index in [-0.39, 0.29) is 12.1 Å². The van der Waals surface area contributed by atoms with Crippen molar-refractivity contribution in [2.24, 2.45) is 0 Å². The summed E-state index contributed by atoms with van der Waals surface area (Å²) < 4.78 is 5.83. The first-order chi connectivity index (χ1) is 14.2. The summed E-state index contributed by atoms with van der Waals surface area (Å²) in [5, 5.41) is 1.93. The van der Waals surface area contributed by atoms with E-state index in [0.29, 0.717) is 24.8 Å². The number of carbonyl (C=O) groups excluding carboxylic acids is 2. The van der Waals surface area contributed by atoms with Gasteiger partial charge >= 0.3 is 5.97 Å². The van der Waals surface area contributed by atoms with Crippen LogP contribution in [0.25, 0.3) is 0 Å². The van der Waals surface area contributed by atoms with Gasteiger partial charge in [0.15, 0.2) is 6.29 Å². The third kappa shape index (κ3) is 5.35. The van der Waals surface area contributed by atoms with E-state index < -0.39 is 17.2 Å². The van der Waals surface area contributed by atoms with Crippen molar-refractivity contribution in [2.45, 2.75) is 70.2 Å². The van der Waals surface area contributed by atoms with Crippen molar-refractivity contribution < 1.29 is 19.2 Å². The average molecular weight is 410 g/mol. The molecule has 30 heavy (non-hydrogen) atoms. The van der Waals surface area contributed by atoms with Crippen LogP contribution >= 0.6 is 0 Å². The molecule has 0 radical (unpaired) electrons. The smallest absolute Gasteiger partial charge is 0.338 e. The van der Waals surface area contributed by atoms with E-state index in [4.69, 9.17) is 9.57 Å². The van der Waals surface area contributed by atoms with Gasteiger partial charge in [0.2, 0.25) is 0 Å². The summed E-state index contributed by atoms with van der Waals surface area (Å²) in [6, 6.07) is 18.9. The second-order valence-corrected chi connectivity index (χ2v) is 9.19. The molecule has 2 aromatic carbocycles. The van der Waals surface area contributed by atoms with Gasteiger partial charge in [-0.25, -0.2) is 4.79 Å². The molecular weight excluding hydrogens is 378 g/mol. The van der Waals surface area contributed by atoms with Crippen LogP contribution in [-0.4, -0.2) is 40.6 Å². The summed E-state index contributed by atoms with van der Waals surface area (Å²) in [5.74, 6) is -0.309. The summed E-state index contributed by atoms with van der Waals surface area (Å²) in [6.07, 6.45) is 1.80. The second-order valence-electron chi connectivity index (χ2n) is 9.19. The minimum atomic E-state index is -0.575. The molecule has 1 atom stereocenters. The third-order valence-electron chi connectivity index (χ3n) is 5.51. The Bertz CT molecular complexity index is 830. The topological polar surface area (TPSA) is 55.8 Å². The fourth-order valence-corrected chi connectivity index (χ4v) is 4.43. The molecule has 0 amide bonds. The molecular formula is C25H31NO4. The number of rotatable bonds is 7. The standard InChI is InChI=1S/C25H31NO4/c1-24(2)16-22(29-23(28)20-13-9-6-10-14-20)17-25(3,4)26(24)30-21(18-27)15-19-11-7-5-8-12-19/h5-14,18,21-22H,15-17H2,1-4H3. The van der Waals surface area contributed by atoms with Crippen molar-refractivity contribution in [2.75, 3.05) is 0 Å². The van der Waals surface area contributed by atoms with Crippen molar-refractivity contribution in [1.82, 2.24) is 5.06 Å². The Hall–Kier alpha value is -2.50. The number of piperidine rings is 1. The van der Waals surface area contributed by atoms with Crippen LogP contribution in [0.3, 0.4) is 0 Å². The highest BCUT2D eigenvalue weighted by Gasteiger charge is 2.48. The number of benzene rings is 2. The van der Waals surface area contributed by atoms with Crippen molar-refractivity contribution in [3.05, 3.63) is 71.8 Å². The Morgan fingerprint density at radius 2 is 1.53 bits per heavy atom. The number of hydrogen-bond acceptors (Lipinski definition) is 5. The maximum absolute atomic E-state index is 12.5. The number of hydroxylamine groups is 2. The highest BCUT2D eigenvalue weighted by atomic mass is 16.7. The molecule has 5 heteroatoms. The number of nitrogens with zero attached hydrogens (tertiary/aromatic N) is 1. The van der Waals surface area contributed by atoms with Gasteiger partial charge in [-0.05, 0) is 45.4 Å². The number of hydrogen-bond donors (Lipinski definition) is 0. The van der Waals surface area contributed by atoms with Gasteiger partial charge in [-0.3, -0.25) is 4.84 Å². The molecule has 0 N–H and O–H groups in total. The lowest BCUT2D eigenvalue weighted by molar-refractivity contribution is -0.305. The van der Waals surface area contributed by atoms with E-state index in [1.54, 1.807) is 12.1 Å². The Morgan fingerprint density at radius 3 is 2.07 bits per heavy atom. The van der Waals surface area contributed by atoms with Crippen LogP contribution in [-0.2, 0) is 20.8 Å². The van der Waals surface area contributed by atoms with Crippen LogP contribution in [0.4, 0.5) is 0 Å². The Morgan fingerprint density at radius 1 is 1.00 bits per heavy atom. The minimum absolute atomic E-state index is 0.230. The zero-order valence-corrected chi connectivity index (χ0v) is 18.2. The molecule has 1 heterocycles. The molecule has 0 aromatic heterocycles. The zero-order valence-electron chi connectivity index (χ0n) is 18.2. The third-order valence-corrected chi connectivity index (χ3v) is 5.51. The molecule has 1 unspecified atom stereocenters. The number of carbonyl (C=O) groups is 2. The van der Waals surface area contributed by atoms with Crippen molar-refractivity contribution in [3.63, 3.8) is 0 Å². The SMILES string of the molecule is CC1(C)CC(OC(=O)c2ccccc2)CC(C)(C)N1OC(C=O)Cc1ccccc1. The lowest BCUT2D eigenvalue weighted by atomic mass is 9.80. The van der Waals surface area contributed by atoms with Crippen LogP contribution < -0.4 is 0 Å². The molecule has 1 fully saturated rings. The monoisotopic (exact) mass is 409 g/mol. The Balaban J connectivity index is 1.70. The predicted octanol–water partition coefficient (Wildman–Crippen LogP) is 4.61. The lowest BCUT2D eigenvalue weighted by Crippen LogP contribution is -2.63. The van der Waals surface area contributed by atoms with E-state index in [1.807, 2.05) is 53.6 Å². The summed E-state index contributed by atoms with van der Waals surface area (Å²) in [5.41, 5.74) is 0.774. The van der Waals surface area contributed by atoms with Gasteiger partial charge in [0.05, 0.1) is 5.56 Å². The van der Waals surface area contributed by atoms with E-state index in [2.05, 4.69) is 27.7 Å². The van der Waals surface area contributed by atoms with Crippen molar-refractivity contribution in [3.8, 4) is 0 Å². The van der Waals surface area contributed by atoms with Crippen LogP contribution in [0, 0.1) is 0 Å². The molecule has 1 aliphatic heterocycles. The molecule has 2 aromatic rings. The molecule has 0 saturated carbocycles.